The molecule has 1 atom stereocenters. The number of aryl methyl sites for hydroxylation is 1. The van der Waals surface area contributed by atoms with Gasteiger partial charge in [0.2, 0.25) is 15.9 Å². The Hall–Kier alpha value is -2.32. The Morgan fingerprint density at radius 2 is 1.67 bits per heavy atom. The van der Waals surface area contributed by atoms with Crippen LogP contribution in [-0.2, 0) is 21.4 Å². The average molecular weight is 503 g/mol. The lowest BCUT2D eigenvalue weighted by Crippen LogP contribution is -2.41. The molecule has 33 heavy (non-hydrogen) atoms. The first-order valence-electron chi connectivity index (χ1n) is 10.4. The van der Waals surface area contributed by atoms with E-state index in [2.05, 4.69) is 5.32 Å². The van der Waals surface area contributed by atoms with Gasteiger partial charge in [-0.25, -0.2) is 8.42 Å². The number of nitrogens with one attached hydrogen (secondary N) is 1. The van der Waals surface area contributed by atoms with Gasteiger partial charge in [-0.05, 0) is 73.2 Å². The van der Waals surface area contributed by atoms with Crippen LogP contribution in [-0.4, -0.2) is 31.4 Å². The summed E-state index contributed by atoms with van der Waals surface area (Å²) in [7, 11) is -3.93. The SMILES string of the molecule is CSc1ccc(C(C)NC(=O)CN(Cc2ccccc2C)S(=O)(=O)c2ccc(Cl)cc2)cc1. The minimum Gasteiger partial charge on any atom is -0.348 e. The number of thioether (sulfide) groups is 1. The highest BCUT2D eigenvalue weighted by molar-refractivity contribution is 7.98. The third kappa shape index (κ3) is 6.60. The van der Waals surface area contributed by atoms with Crippen LogP contribution >= 0.6 is 23.4 Å². The zero-order valence-electron chi connectivity index (χ0n) is 18.8. The van der Waals surface area contributed by atoms with Gasteiger partial charge in [-0.15, -0.1) is 11.8 Å². The molecule has 0 aromatic heterocycles. The highest BCUT2D eigenvalue weighted by atomic mass is 35.5. The zero-order valence-corrected chi connectivity index (χ0v) is 21.2. The molecule has 0 aliphatic heterocycles. The van der Waals surface area contributed by atoms with Crippen molar-refractivity contribution in [3.05, 3.63) is 94.5 Å². The number of carbonyl (C=O) groups is 1. The predicted octanol–water partition coefficient (Wildman–Crippen LogP) is 5.44. The standard InChI is InChI=1S/C25H27ClN2O3S2/c1-18-6-4-5-7-21(18)16-28(33(30,31)24-14-10-22(26)11-15-24)17-25(29)27-19(2)20-8-12-23(32-3)13-9-20/h4-15,19H,16-17H2,1-3H3,(H,27,29). The number of hydrogen-bond acceptors (Lipinski definition) is 4. The maximum absolute atomic E-state index is 13.4. The first-order chi connectivity index (χ1) is 15.7. The van der Waals surface area contributed by atoms with E-state index in [0.717, 1.165) is 21.6 Å². The van der Waals surface area contributed by atoms with Gasteiger partial charge in [0.1, 0.15) is 0 Å². The van der Waals surface area contributed by atoms with Crippen LogP contribution in [0.5, 0.6) is 0 Å². The smallest absolute Gasteiger partial charge is 0.243 e. The molecule has 0 saturated carbocycles. The Bertz CT molecular complexity index is 1200. The molecule has 5 nitrogen and oxygen atoms in total. The van der Waals surface area contributed by atoms with Crippen LogP contribution in [0.25, 0.3) is 0 Å². The van der Waals surface area contributed by atoms with Gasteiger partial charge < -0.3 is 5.32 Å². The summed E-state index contributed by atoms with van der Waals surface area (Å²) in [5, 5.41) is 3.37. The fourth-order valence-electron chi connectivity index (χ4n) is 3.38. The van der Waals surface area contributed by atoms with Crippen molar-refractivity contribution >= 4 is 39.3 Å². The van der Waals surface area contributed by atoms with Gasteiger partial charge in [0.05, 0.1) is 17.5 Å². The molecule has 1 unspecified atom stereocenters. The number of carbonyl (C=O) groups excluding carboxylic acids is 1. The van der Waals surface area contributed by atoms with E-state index in [1.165, 1.54) is 28.6 Å². The van der Waals surface area contributed by atoms with Gasteiger partial charge in [-0.1, -0.05) is 48.0 Å². The minimum atomic E-state index is -3.93. The molecule has 0 saturated heterocycles. The van der Waals surface area contributed by atoms with E-state index in [4.69, 9.17) is 11.6 Å². The molecule has 174 valence electrons. The Morgan fingerprint density at radius 3 is 2.27 bits per heavy atom. The van der Waals surface area contributed by atoms with E-state index >= 15 is 0 Å². The van der Waals surface area contributed by atoms with Gasteiger partial charge in [0.15, 0.2) is 0 Å². The Kier molecular flexibility index (Phi) is 8.59. The van der Waals surface area contributed by atoms with Crippen molar-refractivity contribution in [3.63, 3.8) is 0 Å². The molecule has 0 spiro atoms. The molecular formula is C25H27ClN2O3S2. The topological polar surface area (TPSA) is 66.5 Å². The average Bonchev–Trinajstić information content (AvgIpc) is 2.80. The van der Waals surface area contributed by atoms with E-state index in [1.54, 1.807) is 11.8 Å². The Labute approximate surface area is 205 Å². The van der Waals surface area contributed by atoms with Crippen molar-refractivity contribution in [2.45, 2.75) is 36.2 Å². The normalized spacial score (nSPS) is 12.5. The van der Waals surface area contributed by atoms with Crippen LogP contribution in [0.4, 0.5) is 0 Å². The van der Waals surface area contributed by atoms with Crippen molar-refractivity contribution in [2.75, 3.05) is 12.8 Å². The molecule has 0 fully saturated rings. The van der Waals surface area contributed by atoms with Gasteiger partial charge >= 0.3 is 0 Å². The van der Waals surface area contributed by atoms with Crippen LogP contribution < -0.4 is 5.32 Å². The van der Waals surface area contributed by atoms with E-state index in [0.29, 0.717) is 5.02 Å². The van der Waals surface area contributed by atoms with Crippen LogP contribution in [0.15, 0.2) is 82.6 Å². The lowest BCUT2D eigenvalue weighted by atomic mass is 10.1. The van der Waals surface area contributed by atoms with Crippen molar-refractivity contribution in [1.29, 1.82) is 0 Å². The third-order valence-electron chi connectivity index (χ3n) is 5.37. The van der Waals surface area contributed by atoms with Crippen LogP contribution in [0, 0.1) is 6.92 Å². The molecule has 3 rings (SSSR count). The summed E-state index contributed by atoms with van der Waals surface area (Å²) in [6.45, 7) is 3.59. The molecule has 8 heteroatoms. The Morgan fingerprint density at radius 1 is 1.03 bits per heavy atom. The zero-order chi connectivity index (χ0) is 24.0. The van der Waals surface area contributed by atoms with Gasteiger partial charge in [-0.3, -0.25) is 4.79 Å². The molecule has 3 aromatic carbocycles. The number of rotatable bonds is 9. The summed E-state index contributed by atoms with van der Waals surface area (Å²) >= 11 is 7.58. The summed E-state index contributed by atoms with van der Waals surface area (Å²) in [4.78, 5) is 14.2. The number of benzene rings is 3. The van der Waals surface area contributed by atoms with E-state index < -0.39 is 10.0 Å². The van der Waals surface area contributed by atoms with Gasteiger partial charge in [-0.2, -0.15) is 4.31 Å². The second kappa shape index (κ2) is 11.2. The van der Waals surface area contributed by atoms with Gasteiger partial charge in [0.25, 0.3) is 0 Å². The van der Waals surface area contributed by atoms with Crippen LogP contribution in [0.3, 0.4) is 0 Å². The molecule has 0 bridgehead atoms. The van der Waals surface area contributed by atoms with E-state index in [1.807, 2.05) is 68.6 Å². The lowest BCUT2D eigenvalue weighted by Gasteiger charge is -2.24. The quantitative estimate of drug-likeness (QED) is 0.396. The highest BCUT2D eigenvalue weighted by Gasteiger charge is 2.28. The summed E-state index contributed by atoms with van der Waals surface area (Å²) in [6.07, 6.45) is 2.00. The lowest BCUT2D eigenvalue weighted by molar-refractivity contribution is -0.122. The van der Waals surface area contributed by atoms with Crippen LogP contribution in [0.1, 0.15) is 29.7 Å². The first kappa shape index (κ1) is 25.3. The number of sulfonamides is 1. The summed E-state index contributed by atoms with van der Waals surface area (Å²) in [5.41, 5.74) is 2.74. The molecule has 1 amide bonds. The second-order valence-corrected chi connectivity index (χ2v) is 11.0. The summed E-state index contributed by atoms with van der Waals surface area (Å²) in [6, 6.07) is 21.2. The highest BCUT2D eigenvalue weighted by Crippen LogP contribution is 2.22. The number of amides is 1. The Balaban J connectivity index is 1.83. The summed E-state index contributed by atoms with van der Waals surface area (Å²) < 4.78 is 28.0. The molecule has 0 radical (unpaired) electrons. The van der Waals surface area contributed by atoms with Gasteiger partial charge in [0, 0.05) is 16.5 Å². The third-order valence-corrected chi connectivity index (χ3v) is 8.17. The first-order valence-corrected chi connectivity index (χ1v) is 13.5. The van der Waals surface area contributed by atoms with E-state index in [9.17, 15) is 13.2 Å². The van der Waals surface area contributed by atoms with Crippen LogP contribution in [0.2, 0.25) is 5.02 Å². The monoisotopic (exact) mass is 502 g/mol. The predicted molar refractivity (Wildman–Crippen MR) is 135 cm³/mol. The van der Waals surface area contributed by atoms with Crippen molar-refractivity contribution in [3.8, 4) is 0 Å². The van der Waals surface area contributed by atoms with Crippen molar-refractivity contribution < 1.29 is 13.2 Å². The largest absolute Gasteiger partial charge is 0.348 e. The number of halogens is 1. The molecule has 0 heterocycles. The maximum Gasteiger partial charge on any atom is 0.243 e. The minimum absolute atomic E-state index is 0.0852. The molecular weight excluding hydrogens is 476 g/mol. The molecule has 3 aromatic rings. The molecule has 0 aliphatic rings. The van der Waals surface area contributed by atoms with E-state index in [-0.39, 0.29) is 29.9 Å². The molecule has 0 aliphatic carbocycles. The second-order valence-electron chi connectivity index (χ2n) is 7.72. The number of hydrogen-bond donors (Lipinski definition) is 1. The fraction of sp³-hybridized carbons (Fsp3) is 0.240. The fourth-order valence-corrected chi connectivity index (χ4v) is 5.29. The van der Waals surface area contributed by atoms with Crippen molar-refractivity contribution in [1.82, 2.24) is 9.62 Å². The van der Waals surface area contributed by atoms with Crippen molar-refractivity contribution in [2.24, 2.45) is 0 Å². The maximum atomic E-state index is 13.4. The summed E-state index contributed by atoms with van der Waals surface area (Å²) in [5.74, 6) is -0.373. The molecule has 1 N–H and O–H groups in total. The number of nitrogens with zero attached hydrogens (tertiary/aromatic N) is 1.